The Kier molecular flexibility index (Phi) is 7.26. The normalized spacial score (nSPS) is 13.9. The first kappa shape index (κ1) is 24.2. The van der Waals surface area contributed by atoms with Crippen LogP contribution in [0.2, 0.25) is 0 Å². The zero-order chi connectivity index (χ0) is 24.9. The number of carbonyl (C=O) groups is 2. The van der Waals surface area contributed by atoms with Gasteiger partial charge in [-0.05, 0) is 70.0 Å². The molecular formula is C26H20BrFN2O5. The molecule has 1 aliphatic heterocycles. The quantitative estimate of drug-likeness (QED) is 0.318. The van der Waals surface area contributed by atoms with Crippen molar-refractivity contribution in [3.8, 4) is 11.5 Å². The summed E-state index contributed by atoms with van der Waals surface area (Å²) in [6, 6.07) is 16.5. The zero-order valence-electron chi connectivity index (χ0n) is 18.8. The molecule has 0 aromatic heterocycles. The largest absolute Gasteiger partial charge is 0.493 e. The number of cyclic esters (lactones) is 1. The number of halogens is 2. The molecule has 7 nitrogen and oxygen atoms in total. The van der Waals surface area contributed by atoms with Gasteiger partial charge in [0.2, 0.25) is 11.8 Å². The lowest BCUT2D eigenvalue weighted by Crippen LogP contribution is -2.07. The van der Waals surface area contributed by atoms with E-state index in [1.165, 1.54) is 20.1 Å². The average molecular weight is 539 g/mol. The molecule has 0 bridgehead atoms. The van der Waals surface area contributed by atoms with E-state index in [2.05, 4.69) is 26.2 Å². The fourth-order valence-electron chi connectivity index (χ4n) is 3.32. The van der Waals surface area contributed by atoms with Crippen molar-refractivity contribution in [3.05, 3.63) is 93.3 Å². The molecule has 1 N–H and O–H groups in total. The maximum absolute atomic E-state index is 13.9. The number of aliphatic imine (C=N–C) groups is 1. The molecule has 0 aliphatic carbocycles. The van der Waals surface area contributed by atoms with Crippen LogP contribution in [0.25, 0.3) is 6.08 Å². The lowest BCUT2D eigenvalue weighted by molar-refractivity contribution is -0.129. The molecule has 0 fully saturated rings. The minimum absolute atomic E-state index is 0.0166. The Morgan fingerprint density at radius 3 is 2.60 bits per heavy atom. The highest BCUT2D eigenvalue weighted by Gasteiger charge is 2.24. The number of nitrogens with zero attached hydrogens (tertiary/aromatic N) is 1. The maximum atomic E-state index is 13.9. The third kappa shape index (κ3) is 5.75. The van der Waals surface area contributed by atoms with Crippen molar-refractivity contribution in [2.75, 3.05) is 12.4 Å². The van der Waals surface area contributed by atoms with Crippen molar-refractivity contribution in [1.29, 1.82) is 0 Å². The van der Waals surface area contributed by atoms with Crippen LogP contribution in [0.3, 0.4) is 0 Å². The van der Waals surface area contributed by atoms with Crippen LogP contribution in [-0.2, 0) is 20.9 Å². The first-order valence-corrected chi connectivity index (χ1v) is 11.3. The highest BCUT2D eigenvalue weighted by molar-refractivity contribution is 9.10. The van der Waals surface area contributed by atoms with E-state index >= 15 is 0 Å². The van der Waals surface area contributed by atoms with E-state index in [0.717, 1.165) is 0 Å². The number of amides is 1. The molecule has 0 saturated carbocycles. The Morgan fingerprint density at radius 1 is 1.17 bits per heavy atom. The molecule has 0 atom stereocenters. The summed E-state index contributed by atoms with van der Waals surface area (Å²) in [6.45, 7) is 1.44. The van der Waals surface area contributed by atoms with Crippen LogP contribution in [0.1, 0.15) is 23.6 Å². The van der Waals surface area contributed by atoms with E-state index < -0.39 is 5.97 Å². The second-order valence-corrected chi connectivity index (χ2v) is 8.36. The number of carbonyl (C=O) groups excluding carboxylic acids is 2. The molecule has 1 heterocycles. The zero-order valence-corrected chi connectivity index (χ0v) is 20.4. The third-order valence-corrected chi connectivity index (χ3v) is 5.55. The van der Waals surface area contributed by atoms with E-state index in [1.807, 2.05) is 0 Å². The van der Waals surface area contributed by atoms with Gasteiger partial charge < -0.3 is 19.5 Å². The number of anilines is 1. The fraction of sp³-hybridized carbons (Fsp3) is 0.115. The standard InChI is InChI=1S/C26H20BrFN2O5/c1-15(31)29-19-9-7-17(8-10-19)25-30-22(26(32)35-25)12-16-11-20(27)24(23(13-16)33-2)34-14-18-5-3-4-6-21(18)28/h3-13H,14H2,1-2H3,(H,29,31)/b22-12-. The van der Waals surface area contributed by atoms with Crippen LogP contribution in [0.15, 0.2) is 75.8 Å². The van der Waals surface area contributed by atoms with Crippen molar-refractivity contribution < 1.29 is 28.2 Å². The van der Waals surface area contributed by atoms with Gasteiger partial charge in [0.15, 0.2) is 17.2 Å². The number of esters is 1. The highest BCUT2D eigenvalue weighted by atomic mass is 79.9. The monoisotopic (exact) mass is 538 g/mol. The molecule has 0 radical (unpaired) electrons. The summed E-state index contributed by atoms with van der Waals surface area (Å²) in [5, 5.41) is 2.67. The molecule has 1 aliphatic rings. The SMILES string of the molecule is COc1cc(/C=C2\N=C(c3ccc(NC(C)=O)cc3)OC2=O)cc(Br)c1OCc1ccccc1F. The second-order valence-electron chi connectivity index (χ2n) is 7.51. The maximum Gasteiger partial charge on any atom is 0.363 e. The number of rotatable bonds is 7. The second kappa shape index (κ2) is 10.5. The Bertz CT molecular complexity index is 1350. The Morgan fingerprint density at radius 2 is 1.91 bits per heavy atom. The number of nitrogens with one attached hydrogen (secondary N) is 1. The van der Waals surface area contributed by atoms with Gasteiger partial charge in [0.25, 0.3) is 0 Å². The third-order valence-electron chi connectivity index (χ3n) is 4.96. The van der Waals surface area contributed by atoms with E-state index in [9.17, 15) is 14.0 Å². The van der Waals surface area contributed by atoms with Gasteiger partial charge in [-0.2, -0.15) is 0 Å². The Balaban J connectivity index is 1.56. The molecule has 1 amide bonds. The van der Waals surface area contributed by atoms with Gasteiger partial charge in [-0.25, -0.2) is 14.2 Å². The topological polar surface area (TPSA) is 86.2 Å². The Labute approximate surface area is 209 Å². The Hall–Kier alpha value is -3.98. The first-order chi connectivity index (χ1) is 16.8. The van der Waals surface area contributed by atoms with Crippen molar-refractivity contribution >= 4 is 45.5 Å². The van der Waals surface area contributed by atoms with Gasteiger partial charge in [0.05, 0.1) is 11.6 Å². The van der Waals surface area contributed by atoms with E-state index in [4.69, 9.17) is 14.2 Å². The molecular weight excluding hydrogens is 519 g/mol. The van der Waals surface area contributed by atoms with Gasteiger partial charge in [-0.15, -0.1) is 0 Å². The number of ether oxygens (including phenoxy) is 3. The lowest BCUT2D eigenvalue weighted by Gasteiger charge is -2.14. The molecule has 9 heteroatoms. The molecule has 0 spiro atoms. The number of methoxy groups -OCH3 is 1. The number of benzene rings is 3. The van der Waals surface area contributed by atoms with E-state index in [0.29, 0.717) is 38.3 Å². The molecule has 35 heavy (non-hydrogen) atoms. The van der Waals surface area contributed by atoms with Crippen molar-refractivity contribution in [3.63, 3.8) is 0 Å². The van der Waals surface area contributed by atoms with Gasteiger partial charge in [-0.1, -0.05) is 18.2 Å². The van der Waals surface area contributed by atoms with Crippen molar-refractivity contribution in [2.45, 2.75) is 13.5 Å². The predicted octanol–water partition coefficient (Wildman–Crippen LogP) is 5.48. The highest BCUT2D eigenvalue weighted by Crippen LogP contribution is 2.38. The fourth-order valence-corrected chi connectivity index (χ4v) is 3.89. The summed E-state index contributed by atoms with van der Waals surface area (Å²) >= 11 is 3.46. The molecule has 0 unspecified atom stereocenters. The summed E-state index contributed by atoms with van der Waals surface area (Å²) in [5.41, 5.74) is 2.35. The van der Waals surface area contributed by atoms with Crippen LogP contribution in [0, 0.1) is 5.82 Å². The van der Waals surface area contributed by atoms with E-state index in [-0.39, 0.29) is 29.9 Å². The van der Waals surface area contributed by atoms with Crippen LogP contribution in [0.4, 0.5) is 10.1 Å². The predicted molar refractivity (Wildman–Crippen MR) is 133 cm³/mol. The van der Waals surface area contributed by atoms with E-state index in [1.54, 1.807) is 60.7 Å². The minimum atomic E-state index is -0.596. The molecule has 3 aromatic rings. The van der Waals surface area contributed by atoms with Gasteiger partial charge in [-0.3, -0.25) is 4.79 Å². The summed E-state index contributed by atoms with van der Waals surface area (Å²) in [5.74, 6) is -0.186. The van der Waals surface area contributed by atoms with Crippen LogP contribution in [0.5, 0.6) is 11.5 Å². The van der Waals surface area contributed by atoms with Crippen LogP contribution < -0.4 is 14.8 Å². The minimum Gasteiger partial charge on any atom is -0.493 e. The average Bonchev–Trinajstić information content (AvgIpc) is 3.19. The van der Waals surface area contributed by atoms with Crippen molar-refractivity contribution in [1.82, 2.24) is 0 Å². The summed E-state index contributed by atoms with van der Waals surface area (Å²) < 4.78 is 31.0. The molecule has 4 rings (SSSR count). The number of hydrogen-bond donors (Lipinski definition) is 1. The van der Waals surface area contributed by atoms with Gasteiger partial charge >= 0.3 is 5.97 Å². The summed E-state index contributed by atoms with van der Waals surface area (Å²) in [6.07, 6.45) is 1.56. The van der Waals surface area contributed by atoms with Gasteiger partial charge in [0.1, 0.15) is 12.4 Å². The van der Waals surface area contributed by atoms with Crippen LogP contribution in [-0.4, -0.2) is 24.9 Å². The van der Waals surface area contributed by atoms with Crippen LogP contribution >= 0.6 is 15.9 Å². The van der Waals surface area contributed by atoms with Crippen molar-refractivity contribution in [2.24, 2.45) is 4.99 Å². The molecule has 3 aromatic carbocycles. The lowest BCUT2D eigenvalue weighted by atomic mass is 10.1. The smallest absolute Gasteiger partial charge is 0.363 e. The van der Waals surface area contributed by atoms with Gasteiger partial charge in [0, 0.05) is 23.7 Å². The summed E-state index contributed by atoms with van der Waals surface area (Å²) in [7, 11) is 1.49. The number of hydrogen-bond acceptors (Lipinski definition) is 6. The summed E-state index contributed by atoms with van der Waals surface area (Å²) in [4.78, 5) is 27.9. The molecule has 178 valence electrons. The molecule has 0 saturated heterocycles. The first-order valence-electron chi connectivity index (χ1n) is 10.5.